The second-order valence-corrected chi connectivity index (χ2v) is 3.37. The molecule has 0 bridgehead atoms. The van der Waals surface area contributed by atoms with E-state index >= 15 is 0 Å². The van der Waals surface area contributed by atoms with E-state index in [1.165, 1.54) is 19.3 Å². The van der Waals surface area contributed by atoms with Gasteiger partial charge in [-0.25, -0.2) is 0 Å². The number of ether oxygens (including phenoxy) is 1. The molecule has 2 nitrogen and oxygen atoms in total. The molecule has 0 spiro atoms. The van der Waals surface area contributed by atoms with Crippen LogP contribution in [0.15, 0.2) is 0 Å². The normalized spacial score (nSPS) is 12.8. The average Bonchev–Trinajstić information content (AvgIpc) is 2.12. The van der Waals surface area contributed by atoms with Gasteiger partial charge < -0.3 is 4.74 Å². The molecule has 0 N–H and O–H groups in total. The Morgan fingerprint density at radius 3 is 2.46 bits per heavy atom. The standard InChI is InChI=1S/C11H22O2/c1-4-6-7-8-9-11(12)10(3)13-5-2/h10H,4-9H2,1-3H3. The lowest BCUT2D eigenvalue weighted by molar-refractivity contribution is -0.129. The molecule has 0 aliphatic carbocycles. The van der Waals surface area contributed by atoms with Crippen LogP contribution < -0.4 is 0 Å². The van der Waals surface area contributed by atoms with Gasteiger partial charge in [0, 0.05) is 13.0 Å². The monoisotopic (exact) mass is 186 g/mol. The molecular formula is C11H22O2. The summed E-state index contributed by atoms with van der Waals surface area (Å²) < 4.78 is 5.21. The molecule has 1 unspecified atom stereocenters. The number of hydrogen-bond acceptors (Lipinski definition) is 2. The van der Waals surface area contributed by atoms with Crippen molar-refractivity contribution in [3.8, 4) is 0 Å². The zero-order valence-corrected chi connectivity index (χ0v) is 9.14. The van der Waals surface area contributed by atoms with E-state index in [2.05, 4.69) is 6.92 Å². The van der Waals surface area contributed by atoms with Gasteiger partial charge in [-0.2, -0.15) is 0 Å². The molecule has 13 heavy (non-hydrogen) atoms. The van der Waals surface area contributed by atoms with E-state index in [-0.39, 0.29) is 11.9 Å². The van der Waals surface area contributed by atoms with Crippen LogP contribution in [-0.2, 0) is 9.53 Å². The lowest BCUT2D eigenvalue weighted by Crippen LogP contribution is -2.20. The van der Waals surface area contributed by atoms with Gasteiger partial charge in [-0.05, 0) is 20.3 Å². The van der Waals surface area contributed by atoms with E-state index in [1.807, 2.05) is 13.8 Å². The highest BCUT2D eigenvalue weighted by Gasteiger charge is 2.11. The number of unbranched alkanes of at least 4 members (excludes halogenated alkanes) is 3. The van der Waals surface area contributed by atoms with Crippen molar-refractivity contribution in [2.24, 2.45) is 0 Å². The molecule has 0 saturated heterocycles. The summed E-state index contributed by atoms with van der Waals surface area (Å²) in [4.78, 5) is 11.4. The molecule has 0 fully saturated rings. The fourth-order valence-corrected chi connectivity index (χ4v) is 1.27. The van der Waals surface area contributed by atoms with Gasteiger partial charge >= 0.3 is 0 Å². The maximum atomic E-state index is 11.4. The Morgan fingerprint density at radius 2 is 1.92 bits per heavy atom. The SMILES string of the molecule is CCCCCCC(=O)C(C)OCC. The fourth-order valence-electron chi connectivity index (χ4n) is 1.27. The highest BCUT2D eigenvalue weighted by atomic mass is 16.5. The van der Waals surface area contributed by atoms with E-state index in [9.17, 15) is 4.79 Å². The molecule has 0 radical (unpaired) electrons. The van der Waals surface area contributed by atoms with Crippen molar-refractivity contribution in [3.63, 3.8) is 0 Å². The topological polar surface area (TPSA) is 26.3 Å². The Labute approximate surface area is 81.7 Å². The van der Waals surface area contributed by atoms with Gasteiger partial charge in [-0.3, -0.25) is 4.79 Å². The van der Waals surface area contributed by atoms with Crippen molar-refractivity contribution < 1.29 is 9.53 Å². The summed E-state index contributed by atoms with van der Waals surface area (Å²) in [6.45, 7) is 6.55. The first kappa shape index (κ1) is 12.6. The van der Waals surface area contributed by atoms with Crippen LogP contribution >= 0.6 is 0 Å². The minimum Gasteiger partial charge on any atom is -0.371 e. The fraction of sp³-hybridized carbons (Fsp3) is 0.909. The van der Waals surface area contributed by atoms with Gasteiger partial charge in [0.05, 0.1) is 0 Å². The summed E-state index contributed by atoms with van der Waals surface area (Å²) in [5, 5.41) is 0. The van der Waals surface area contributed by atoms with Crippen LogP contribution in [0, 0.1) is 0 Å². The Balaban J connectivity index is 3.38. The van der Waals surface area contributed by atoms with Crippen LogP contribution in [0.4, 0.5) is 0 Å². The number of carbonyl (C=O) groups excluding carboxylic acids is 1. The molecule has 0 aromatic rings. The van der Waals surface area contributed by atoms with Crippen LogP contribution in [0.5, 0.6) is 0 Å². The first-order chi connectivity index (χ1) is 6.22. The lowest BCUT2D eigenvalue weighted by Gasteiger charge is -2.09. The molecule has 0 rings (SSSR count). The van der Waals surface area contributed by atoms with E-state index in [1.54, 1.807) is 0 Å². The summed E-state index contributed by atoms with van der Waals surface area (Å²) in [5.41, 5.74) is 0. The van der Waals surface area contributed by atoms with Crippen LogP contribution in [0.25, 0.3) is 0 Å². The van der Waals surface area contributed by atoms with E-state index in [0.29, 0.717) is 13.0 Å². The molecule has 78 valence electrons. The van der Waals surface area contributed by atoms with Gasteiger partial charge in [0.2, 0.25) is 0 Å². The Bertz CT molecular complexity index is 132. The molecule has 0 aliphatic heterocycles. The Hall–Kier alpha value is -0.370. The minimum absolute atomic E-state index is 0.202. The third kappa shape index (κ3) is 6.76. The predicted molar refractivity (Wildman–Crippen MR) is 54.9 cm³/mol. The van der Waals surface area contributed by atoms with Crippen molar-refractivity contribution in [1.29, 1.82) is 0 Å². The van der Waals surface area contributed by atoms with Gasteiger partial charge in [0.15, 0.2) is 5.78 Å². The number of carbonyl (C=O) groups is 1. The largest absolute Gasteiger partial charge is 0.371 e. The molecule has 0 saturated carbocycles. The van der Waals surface area contributed by atoms with Crippen molar-refractivity contribution in [1.82, 2.24) is 0 Å². The van der Waals surface area contributed by atoms with Crippen molar-refractivity contribution >= 4 is 5.78 Å². The zero-order valence-electron chi connectivity index (χ0n) is 9.14. The number of ketones is 1. The number of hydrogen-bond donors (Lipinski definition) is 0. The van der Waals surface area contributed by atoms with Gasteiger partial charge in [0.1, 0.15) is 6.10 Å². The summed E-state index contributed by atoms with van der Waals surface area (Å²) in [5.74, 6) is 0.248. The van der Waals surface area contributed by atoms with Gasteiger partial charge in [0.25, 0.3) is 0 Å². The lowest BCUT2D eigenvalue weighted by atomic mass is 10.1. The number of Topliss-reactive ketones (excluding diaryl/α,β-unsaturated/α-hetero) is 1. The molecule has 0 aromatic heterocycles. The summed E-state index contributed by atoms with van der Waals surface area (Å²) in [7, 11) is 0. The molecule has 1 atom stereocenters. The number of rotatable bonds is 8. The van der Waals surface area contributed by atoms with Gasteiger partial charge in [-0.1, -0.05) is 26.2 Å². The predicted octanol–water partition coefficient (Wildman–Crippen LogP) is 2.95. The third-order valence-corrected chi connectivity index (χ3v) is 2.15. The quantitative estimate of drug-likeness (QED) is 0.545. The van der Waals surface area contributed by atoms with Crippen LogP contribution in [0.3, 0.4) is 0 Å². The Kier molecular flexibility index (Phi) is 8.00. The molecule has 0 amide bonds. The van der Waals surface area contributed by atoms with Crippen molar-refractivity contribution in [2.45, 2.75) is 59.0 Å². The van der Waals surface area contributed by atoms with Crippen molar-refractivity contribution in [3.05, 3.63) is 0 Å². The highest BCUT2D eigenvalue weighted by Crippen LogP contribution is 2.05. The van der Waals surface area contributed by atoms with Crippen LogP contribution in [0.1, 0.15) is 52.9 Å². The smallest absolute Gasteiger partial charge is 0.161 e. The van der Waals surface area contributed by atoms with E-state index in [0.717, 1.165) is 6.42 Å². The second-order valence-electron chi connectivity index (χ2n) is 3.37. The minimum atomic E-state index is -0.202. The maximum Gasteiger partial charge on any atom is 0.161 e. The van der Waals surface area contributed by atoms with E-state index in [4.69, 9.17) is 4.74 Å². The molecular weight excluding hydrogens is 164 g/mol. The third-order valence-electron chi connectivity index (χ3n) is 2.15. The molecule has 0 aliphatic rings. The average molecular weight is 186 g/mol. The second kappa shape index (κ2) is 8.24. The summed E-state index contributed by atoms with van der Waals surface area (Å²) >= 11 is 0. The first-order valence-electron chi connectivity index (χ1n) is 5.36. The Morgan fingerprint density at radius 1 is 1.23 bits per heavy atom. The first-order valence-corrected chi connectivity index (χ1v) is 5.36. The molecule has 2 heteroatoms. The highest BCUT2D eigenvalue weighted by molar-refractivity contribution is 5.82. The summed E-state index contributed by atoms with van der Waals surface area (Å²) in [6.07, 6.45) is 5.12. The molecule has 0 aromatic carbocycles. The van der Waals surface area contributed by atoms with Gasteiger partial charge in [-0.15, -0.1) is 0 Å². The van der Waals surface area contributed by atoms with Crippen LogP contribution in [-0.4, -0.2) is 18.5 Å². The zero-order chi connectivity index (χ0) is 10.1. The molecule has 0 heterocycles. The van der Waals surface area contributed by atoms with E-state index < -0.39 is 0 Å². The van der Waals surface area contributed by atoms with Crippen molar-refractivity contribution in [2.75, 3.05) is 6.61 Å². The summed E-state index contributed by atoms with van der Waals surface area (Å²) in [6, 6.07) is 0. The maximum absolute atomic E-state index is 11.4. The van der Waals surface area contributed by atoms with Crippen LogP contribution in [0.2, 0.25) is 0 Å².